The molecular formula is C7H14O3Si. The normalized spacial score (nSPS) is 15.5. The minimum absolute atomic E-state index is 0.313. The van der Waals surface area contributed by atoms with Crippen molar-refractivity contribution in [3.8, 4) is 0 Å². The smallest absolute Gasteiger partial charge is 0.335 e. The van der Waals surface area contributed by atoms with Crippen molar-refractivity contribution >= 4 is 16.2 Å². The summed E-state index contributed by atoms with van der Waals surface area (Å²) in [5, 5.41) is 9.32. The largest absolute Gasteiger partial charge is 0.435 e. The SMILES string of the molecule is C=C(C)C(=O)OC(O)([SiH3])CC. The molecule has 0 radical (unpaired) electrons. The summed E-state index contributed by atoms with van der Waals surface area (Å²) in [4.78, 5) is 10.9. The van der Waals surface area contributed by atoms with E-state index in [9.17, 15) is 9.90 Å². The quantitative estimate of drug-likeness (QED) is 0.272. The standard InChI is InChI=1S/C7H14O3Si/c1-4-7(9,11)10-6(8)5(2)3/h9H,2,4H2,1,3,11H3. The topological polar surface area (TPSA) is 46.5 Å². The molecule has 0 saturated heterocycles. The Hall–Kier alpha value is -0.613. The lowest BCUT2D eigenvalue weighted by molar-refractivity contribution is -0.175. The first kappa shape index (κ1) is 10.4. The molecule has 64 valence electrons. The minimum atomic E-state index is -1.23. The van der Waals surface area contributed by atoms with Gasteiger partial charge in [0.25, 0.3) is 0 Å². The van der Waals surface area contributed by atoms with E-state index in [4.69, 9.17) is 4.74 Å². The average Bonchev–Trinajstić information content (AvgIpc) is 1.87. The fraction of sp³-hybridized carbons (Fsp3) is 0.571. The summed E-state index contributed by atoms with van der Waals surface area (Å²) < 4.78 is 4.73. The maximum atomic E-state index is 10.9. The van der Waals surface area contributed by atoms with E-state index in [0.717, 1.165) is 0 Å². The third-order valence-electron chi connectivity index (χ3n) is 1.32. The van der Waals surface area contributed by atoms with E-state index in [1.165, 1.54) is 0 Å². The van der Waals surface area contributed by atoms with Crippen molar-refractivity contribution in [3.05, 3.63) is 12.2 Å². The van der Waals surface area contributed by atoms with E-state index in [-0.39, 0.29) is 0 Å². The summed E-state index contributed by atoms with van der Waals surface area (Å²) in [6.07, 6.45) is 0.429. The van der Waals surface area contributed by atoms with Gasteiger partial charge in [-0.1, -0.05) is 13.5 Å². The monoisotopic (exact) mass is 174 g/mol. The molecule has 1 N–H and O–H groups in total. The molecule has 11 heavy (non-hydrogen) atoms. The highest BCUT2D eigenvalue weighted by Gasteiger charge is 2.22. The number of aliphatic hydroxyl groups is 1. The summed E-state index contributed by atoms with van der Waals surface area (Å²) in [5.41, 5.74) is -0.913. The molecule has 0 bridgehead atoms. The van der Waals surface area contributed by atoms with Gasteiger partial charge < -0.3 is 9.84 Å². The van der Waals surface area contributed by atoms with Crippen molar-refractivity contribution in [1.29, 1.82) is 0 Å². The first-order valence-corrected chi connectivity index (χ1v) is 4.50. The molecule has 0 aliphatic heterocycles. The van der Waals surface area contributed by atoms with Crippen LogP contribution in [0, 0.1) is 0 Å². The van der Waals surface area contributed by atoms with Gasteiger partial charge in [-0.05, 0) is 6.92 Å². The van der Waals surface area contributed by atoms with Crippen LogP contribution in [0.1, 0.15) is 20.3 Å². The van der Waals surface area contributed by atoms with Crippen LogP contribution in [0.4, 0.5) is 0 Å². The van der Waals surface area contributed by atoms with Crippen molar-refractivity contribution in [1.82, 2.24) is 0 Å². The number of carbonyl (C=O) groups is 1. The van der Waals surface area contributed by atoms with Crippen LogP contribution in [0.5, 0.6) is 0 Å². The van der Waals surface area contributed by atoms with Gasteiger partial charge in [-0.3, -0.25) is 0 Å². The molecule has 0 spiro atoms. The van der Waals surface area contributed by atoms with Crippen LogP contribution in [-0.4, -0.2) is 26.7 Å². The number of carbonyl (C=O) groups excluding carboxylic acids is 1. The molecule has 0 aromatic heterocycles. The molecule has 0 aromatic rings. The fourth-order valence-electron chi connectivity index (χ4n) is 0.359. The number of rotatable bonds is 3. The zero-order chi connectivity index (χ0) is 9.07. The number of hydrogen-bond acceptors (Lipinski definition) is 3. The van der Waals surface area contributed by atoms with Crippen molar-refractivity contribution in [2.45, 2.75) is 25.7 Å². The van der Waals surface area contributed by atoms with Gasteiger partial charge in [0.15, 0.2) is 5.41 Å². The third-order valence-corrected chi connectivity index (χ3v) is 2.23. The molecule has 0 rings (SSSR count). The Bertz CT molecular complexity index is 175. The number of ether oxygens (including phenoxy) is 1. The summed E-state index contributed by atoms with van der Waals surface area (Å²) in [6, 6.07) is 0. The lowest BCUT2D eigenvalue weighted by Crippen LogP contribution is -2.34. The Morgan fingerprint density at radius 2 is 2.27 bits per heavy atom. The fourth-order valence-corrected chi connectivity index (χ4v) is 0.544. The Kier molecular flexibility index (Phi) is 3.48. The molecule has 3 nitrogen and oxygen atoms in total. The summed E-state index contributed by atoms with van der Waals surface area (Å²) in [7, 11) is 0.414. The van der Waals surface area contributed by atoms with Crippen LogP contribution < -0.4 is 0 Å². The lowest BCUT2D eigenvalue weighted by Gasteiger charge is -2.21. The predicted molar refractivity (Wildman–Crippen MR) is 46.1 cm³/mol. The molecule has 0 aromatic carbocycles. The van der Waals surface area contributed by atoms with Gasteiger partial charge in [-0.2, -0.15) is 0 Å². The third kappa shape index (κ3) is 3.95. The molecule has 1 atom stereocenters. The Balaban J connectivity index is 4.04. The maximum Gasteiger partial charge on any atom is 0.335 e. The van der Waals surface area contributed by atoms with E-state index in [0.29, 0.717) is 22.2 Å². The summed E-state index contributed by atoms with van der Waals surface area (Å²) in [5.74, 6) is -0.524. The lowest BCUT2D eigenvalue weighted by atomic mass is 10.3. The second kappa shape index (κ2) is 3.68. The van der Waals surface area contributed by atoms with E-state index in [1.54, 1.807) is 13.8 Å². The molecule has 1 unspecified atom stereocenters. The number of esters is 1. The second-order valence-corrected chi connectivity index (χ2v) is 4.26. The minimum Gasteiger partial charge on any atom is -0.435 e. The predicted octanol–water partition coefficient (Wildman–Crippen LogP) is -0.473. The summed E-state index contributed by atoms with van der Waals surface area (Å²) >= 11 is 0. The summed E-state index contributed by atoms with van der Waals surface area (Å²) in [6.45, 7) is 6.72. The molecule has 0 amide bonds. The van der Waals surface area contributed by atoms with E-state index in [1.807, 2.05) is 0 Å². The molecule has 0 aliphatic carbocycles. The molecule has 0 heterocycles. The van der Waals surface area contributed by atoms with Crippen LogP contribution >= 0.6 is 0 Å². The van der Waals surface area contributed by atoms with Gasteiger partial charge in [0.2, 0.25) is 0 Å². The van der Waals surface area contributed by atoms with Gasteiger partial charge in [-0.15, -0.1) is 0 Å². The van der Waals surface area contributed by atoms with Crippen molar-refractivity contribution < 1.29 is 14.6 Å². The van der Waals surface area contributed by atoms with Gasteiger partial charge in [0.05, 0.1) is 10.2 Å². The molecule has 4 heteroatoms. The number of hydrogen-bond donors (Lipinski definition) is 1. The van der Waals surface area contributed by atoms with Crippen molar-refractivity contribution in [2.75, 3.05) is 0 Å². The van der Waals surface area contributed by atoms with E-state index >= 15 is 0 Å². The van der Waals surface area contributed by atoms with Crippen LogP contribution in [-0.2, 0) is 9.53 Å². The van der Waals surface area contributed by atoms with Gasteiger partial charge >= 0.3 is 5.97 Å². The zero-order valence-electron chi connectivity index (χ0n) is 7.18. The van der Waals surface area contributed by atoms with Crippen molar-refractivity contribution in [3.63, 3.8) is 0 Å². The maximum absolute atomic E-state index is 10.9. The van der Waals surface area contributed by atoms with Crippen LogP contribution in [0.3, 0.4) is 0 Å². The van der Waals surface area contributed by atoms with Gasteiger partial charge in [0, 0.05) is 12.0 Å². The zero-order valence-corrected chi connectivity index (χ0v) is 9.18. The van der Waals surface area contributed by atoms with Crippen molar-refractivity contribution in [2.24, 2.45) is 0 Å². The molecule has 0 fully saturated rings. The molecule has 0 aliphatic rings. The van der Waals surface area contributed by atoms with Gasteiger partial charge in [0.1, 0.15) is 0 Å². The average molecular weight is 174 g/mol. The first-order chi connectivity index (χ1) is 4.89. The van der Waals surface area contributed by atoms with Crippen LogP contribution in [0.15, 0.2) is 12.2 Å². The highest BCUT2D eigenvalue weighted by Crippen LogP contribution is 2.08. The Labute approximate surface area is 69.5 Å². The Morgan fingerprint density at radius 1 is 1.82 bits per heavy atom. The highest BCUT2D eigenvalue weighted by molar-refractivity contribution is 6.14. The molecular weight excluding hydrogens is 160 g/mol. The van der Waals surface area contributed by atoms with E-state index < -0.39 is 11.4 Å². The highest BCUT2D eigenvalue weighted by atomic mass is 28.1. The van der Waals surface area contributed by atoms with Crippen LogP contribution in [0.2, 0.25) is 0 Å². The second-order valence-electron chi connectivity index (χ2n) is 2.70. The van der Waals surface area contributed by atoms with E-state index in [2.05, 4.69) is 6.58 Å². The molecule has 0 saturated carbocycles. The Morgan fingerprint density at radius 3 is 2.55 bits per heavy atom. The first-order valence-electron chi connectivity index (χ1n) is 3.50. The van der Waals surface area contributed by atoms with Gasteiger partial charge in [-0.25, -0.2) is 4.79 Å². The van der Waals surface area contributed by atoms with Crippen LogP contribution in [0.25, 0.3) is 0 Å².